The van der Waals surface area contributed by atoms with Crippen molar-refractivity contribution in [2.45, 2.75) is 49.9 Å². The van der Waals surface area contributed by atoms with Crippen LogP contribution < -0.4 is 21.7 Å². The summed E-state index contributed by atoms with van der Waals surface area (Å²) in [6, 6.07) is -5.84. The number of hydrogen-bond acceptors (Lipinski definition) is 9. The molecule has 0 spiro atoms. The SMILES string of the molecule is CSCCC(NC(=O)C(Cc1cnc[nH]1)NC(=O)C(CC(=O)O)NC(=O)C(N)CC(=O)O)C(=O)O. The third-order valence-electron chi connectivity index (χ3n) is 4.58. The summed E-state index contributed by atoms with van der Waals surface area (Å²) in [5.41, 5.74) is 5.86. The predicted octanol–water partition coefficient (Wildman–Crippen LogP) is -2.48. The number of rotatable bonds is 16. The first kappa shape index (κ1) is 29.4. The molecule has 0 aliphatic rings. The normalized spacial score (nSPS) is 14.1. The van der Waals surface area contributed by atoms with Crippen molar-refractivity contribution < 1.29 is 44.1 Å². The van der Waals surface area contributed by atoms with E-state index >= 15 is 0 Å². The molecule has 16 heteroatoms. The highest BCUT2D eigenvalue weighted by molar-refractivity contribution is 7.98. The van der Waals surface area contributed by atoms with Crippen molar-refractivity contribution >= 4 is 47.4 Å². The summed E-state index contributed by atoms with van der Waals surface area (Å²) in [6.07, 6.45) is 2.77. The second-order valence-corrected chi connectivity index (χ2v) is 8.37. The van der Waals surface area contributed by atoms with Crippen molar-refractivity contribution in [3.8, 4) is 0 Å². The molecule has 15 nitrogen and oxygen atoms in total. The number of nitrogens with two attached hydrogens (primary N) is 1. The van der Waals surface area contributed by atoms with Crippen molar-refractivity contribution in [1.29, 1.82) is 0 Å². The van der Waals surface area contributed by atoms with E-state index in [4.69, 9.17) is 15.9 Å². The van der Waals surface area contributed by atoms with Crippen LogP contribution in [0.4, 0.5) is 0 Å². The van der Waals surface area contributed by atoms with Gasteiger partial charge in [0.25, 0.3) is 0 Å². The highest BCUT2D eigenvalue weighted by Gasteiger charge is 2.32. The number of nitrogens with zero attached hydrogens (tertiary/aromatic N) is 1. The Hall–Kier alpha value is -3.66. The van der Waals surface area contributed by atoms with Gasteiger partial charge < -0.3 is 42.0 Å². The molecule has 1 aromatic rings. The van der Waals surface area contributed by atoms with E-state index in [2.05, 4.69) is 25.9 Å². The Morgan fingerprint density at radius 2 is 1.51 bits per heavy atom. The molecule has 1 heterocycles. The topological polar surface area (TPSA) is 254 Å². The van der Waals surface area contributed by atoms with Gasteiger partial charge in [-0.2, -0.15) is 11.8 Å². The van der Waals surface area contributed by atoms with Gasteiger partial charge in [0, 0.05) is 18.3 Å². The Kier molecular flexibility index (Phi) is 12.2. The number of thioether (sulfide) groups is 1. The summed E-state index contributed by atoms with van der Waals surface area (Å²) in [5.74, 6) is -6.68. The molecule has 194 valence electrons. The Balaban J connectivity index is 3.05. The van der Waals surface area contributed by atoms with Crippen molar-refractivity contribution in [3.05, 3.63) is 18.2 Å². The lowest BCUT2D eigenvalue weighted by Gasteiger charge is -2.24. The van der Waals surface area contributed by atoms with Crippen LogP contribution >= 0.6 is 11.8 Å². The minimum Gasteiger partial charge on any atom is -0.481 e. The number of aromatic amines is 1. The van der Waals surface area contributed by atoms with Crippen LogP contribution in [0.15, 0.2) is 12.5 Å². The molecule has 0 radical (unpaired) electrons. The summed E-state index contributed by atoms with van der Waals surface area (Å²) in [5, 5.41) is 34.0. The monoisotopic (exact) mass is 516 g/mol. The Bertz CT molecular complexity index is 911. The van der Waals surface area contributed by atoms with Crippen LogP contribution in [-0.4, -0.2) is 97.1 Å². The van der Waals surface area contributed by atoms with E-state index in [-0.39, 0.29) is 12.8 Å². The maximum Gasteiger partial charge on any atom is 0.326 e. The predicted molar refractivity (Wildman–Crippen MR) is 121 cm³/mol. The first-order valence-electron chi connectivity index (χ1n) is 10.2. The van der Waals surface area contributed by atoms with Gasteiger partial charge in [0.1, 0.15) is 18.1 Å². The van der Waals surface area contributed by atoms with Gasteiger partial charge >= 0.3 is 17.9 Å². The molecule has 4 atom stereocenters. The standard InChI is InChI=1S/C19H28N6O9S/c1-35-3-2-11(19(33)34)23-17(31)12(4-9-7-21-8-22-9)25-18(32)13(6-15(28)29)24-16(30)10(20)5-14(26)27/h7-8,10-13H,2-6,20H2,1H3,(H,21,22)(H,23,31)(H,24,30)(H,25,32)(H,26,27)(H,28,29)(H,33,34). The molecule has 0 saturated heterocycles. The number of carbonyl (C=O) groups is 6. The number of aliphatic carboxylic acids is 3. The fourth-order valence-corrected chi connectivity index (χ4v) is 3.28. The van der Waals surface area contributed by atoms with E-state index < -0.39 is 72.6 Å². The molecule has 0 bridgehead atoms. The molecular weight excluding hydrogens is 488 g/mol. The average Bonchev–Trinajstić information content (AvgIpc) is 3.27. The van der Waals surface area contributed by atoms with Crippen molar-refractivity contribution in [2.24, 2.45) is 5.73 Å². The van der Waals surface area contributed by atoms with E-state index in [1.807, 2.05) is 0 Å². The molecule has 0 aliphatic heterocycles. The van der Waals surface area contributed by atoms with Crippen LogP contribution in [0.5, 0.6) is 0 Å². The number of carbonyl (C=O) groups excluding carboxylic acids is 3. The highest BCUT2D eigenvalue weighted by Crippen LogP contribution is 2.05. The largest absolute Gasteiger partial charge is 0.481 e. The molecular formula is C19H28N6O9S. The number of nitrogens with one attached hydrogen (secondary N) is 4. The van der Waals surface area contributed by atoms with E-state index in [9.17, 15) is 33.9 Å². The fourth-order valence-electron chi connectivity index (χ4n) is 2.81. The smallest absolute Gasteiger partial charge is 0.326 e. The van der Waals surface area contributed by atoms with Gasteiger partial charge in [-0.05, 0) is 18.4 Å². The number of carboxylic acids is 3. The first-order chi connectivity index (χ1) is 16.4. The van der Waals surface area contributed by atoms with Gasteiger partial charge in [-0.25, -0.2) is 9.78 Å². The summed E-state index contributed by atoms with van der Waals surface area (Å²) in [4.78, 5) is 77.8. The van der Waals surface area contributed by atoms with Crippen molar-refractivity contribution in [1.82, 2.24) is 25.9 Å². The molecule has 35 heavy (non-hydrogen) atoms. The number of amides is 3. The maximum atomic E-state index is 12.9. The van der Waals surface area contributed by atoms with E-state index in [0.29, 0.717) is 11.4 Å². The number of hydrogen-bond donors (Lipinski definition) is 8. The third kappa shape index (κ3) is 10.9. The number of carboxylic acid groups (broad SMARTS) is 3. The molecule has 1 aromatic heterocycles. The molecule has 0 aliphatic carbocycles. The molecule has 0 aromatic carbocycles. The van der Waals surface area contributed by atoms with Gasteiger partial charge in [0.2, 0.25) is 17.7 Å². The van der Waals surface area contributed by atoms with Crippen molar-refractivity contribution in [2.75, 3.05) is 12.0 Å². The lowest BCUT2D eigenvalue weighted by atomic mass is 10.1. The lowest BCUT2D eigenvalue weighted by Crippen LogP contribution is -2.58. The molecule has 0 fully saturated rings. The van der Waals surface area contributed by atoms with Crippen LogP contribution in [0.3, 0.4) is 0 Å². The van der Waals surface area contributed by atoms with E-state index in [1.165, 1.54) is 24.3 Å². The second kappa shape index (κ2) is 14.6. The number of aromatic nitrogens is 2. The summed E-state index contributed by atoms with van der Waals surface area (Å²) in [7, 11) is 0. The van der Waals surface area contributed by atoms with Gasteiger partial charge in [0.15, 0.2) is 0 Å². The quantitative estimate of drug-likeness (QED) is 0.114. The zero-order chi connectivity index (χ0) is 26.5. The van der Waals surface area contributed by atoms with Gasteiger partial charge in [0.05, 0.1) is 25.2 Å². The van der Waals surface area contributed by atoms with Crippen molar-refractivity contribution in [3.63, 3.8) is 0 Å². The van der Waals surface area contributed by atoms with Crippen LogP contribution in [-0.2, 0) is 35.2 Å². The zero-order valence-corrected chi connectivity index (χ0v) is 19.5. The summed E-state index contributed by atoms with van der Waals surface area (Å²) in [6.45, 7) is 0. The van der Waals surface area contributed by atoms with E-state index in [0.717, 1.165) is 0 Å². The maximum absolute atomic E-state index is 12.9. The molecule has 0 saturated carbocycles. The van der Waals surface area contributed by atoms with Gasteiger partial charge in [-0.1, -0.05) is 0 Å². The van der Waals surface area contributed by atoms with E-state index in [1.54, 1.807) is 6.26 Å². The van der Waals surface area contributed by atoms with Crippen LogP contribution in [0.2, 0.25) is 0 Å². The molecule has 1 rings (SSSR count). The lowest BCUT2D eigenvalue weighted by molar-refractivity contribution is -0.143. The van der Waals surface area contributed by atoms with Gasteiger partial charge in [-0.15, -0.1) is 0 Å². The minimum absolute atomic E-state index is 0.117. The minimum atomic E-state index is -1.69. The van der Waals surface area contributed by atoms with Crippen LogP contribution in [0.25, 0.3) is 0 Å². The summed E-state index contributed by atoms with van der Waals surface area (Å²) >= 11 is 1.38. The zero-order valence-electron chi connectivity index (χ0n) is 18.7. The van der Waals surface area contributed by atoms with Gasteiger partial charge in [-0.3, -0.25) is 24.0 Å². The Labute approximate surface area is 203 Å². The molecule has 3 amide bonds. The highest BCUT2D eigenvalue weighted by atomic mass is 32.2. The Morgan fingerprint density at radius 3 is 2.03 bits per heavy atom. The number of H-pyrrole nitrogens is 1. The fraction of sp³-hybridized carbons (Fsp3) is 0.526. The average molecular weight is 517 g/mol. The van der Waals surface area contributed by atoms with Crippen LogP contribution in [0.1, 0.15) is 25.0 Å². The molecule has 4 unspecified atom stereocenters. The second-order valence-electron chi connectivity index (χ2n) is 7.39. The summed E-state index contributed by atoms with van der Waals surface area (Å²) < 4.78 is 0. The first-order valence-corrected chi connectivity index (χ1v) is 11.6. The molecule has 9 N–H and O–H groups in total. The third-order valence-corrected chi connectivity index (χ3v) is 5.22. The number of imidazole rings is 1. The Morgan fingerprint density at radius 1 is 0.943 bits per heavy atom. The van der Waals surface area contributed by atoms with Crippen LogP contribution in [0, 0.1) is 0 Å².